The van der Waals surface area contributed by atoms with Gasteiger partial charge < -0.3 is 10.1 Å². The van der Waals surface area contributed by atoms with E-state index in [0.717, 1.165) is 0 Å². The van der Waals surface area contributed by atoms with E-state index in [-0.39, 0.29) is 11.5 Å². The highest BCUT2D eigenvalue weighted by Crippen LogP contribution is 1.97. The van der Waals surface area contributed by atoms with Crippen LogP contribution >= 0.6 is 0 Å². The van der Waals surface area contributed by atoms with Crippen LogP contribution in [0, 0.1) is 0 Å². The summed E-state index contributed by atoms with van der Waals surface area (Å²) in [5, 5.41) is 3.01. The van der Waals surface area contributed by atoms with Gasteiger partial charge in [-0.25, -0.2) is 4.79 Å². The first-order valence-corrected chi connectivity index (χ1v) is 3.48. The Balaban J connectivity index is 3.70. The molecule has 0 aromatic carbocycles. The van der Waals surface area contributed by atoms with Gasteiger partial charge in [0.2, 0.25) is 0 Å². The van der Waals surface area contributed by atoms with Crippen LogP contribution in [0.15, 0.2) is 12.3 Å². The Kier molecular flexibility index (Phi) is 3.65. The van der Waals surface area contributed by atoms with Crippen LogP contribution in [0.4, 0.5) is 0 Å². The van der Waals surface area contributed by atoms with E-state index in [9.17, 15) is 4.79 Å². The smallest absolute Gasteiger partial charge is 0.331 e. The second-order valence-corrected chi connectivity index (χ2v) is 3.25. The molecule has 0 aromatic rings. The average molecular weight is 157 g/mol. The van der Waals surface area contributed by atoms with Crippen molar-refractivity contribution in [3.8, 4) is 0 Å². The first kappa shape index (κ1) is 10.0. The molecule has 0 aliphatic heterocycles. The van der Waals surface area contributed by atoms with Crippen molar-refractivity contribution in [1.29, 1.82) is 0 Å². The minimum Gasteiger partial charge on any atom is -0.466 e. The molecule has 0 bridgehead atoms. The van der Waals surface area contributed by atoms with Gasteiger partial charge in [0.25, 0.3) is 0 Å². The van der Waals surface area contributed by atoms with Crippen molar-refractivity contribution in [3.05, 3.63) is 12.3 Å². The second kappa shape index (κ2) is 4.01. The van der Waals surface area contributed by atoms with E-state index in [4.69, 9.17) is 0 Å². The van der Waals surface area contributed by atoms with Crippen molar-refractivity contribution in [3.63, 3.8) is 0 Å². The summed E-state index contributed by atoms with van der Waals surface area (Å²) in [5.41, 5.74) is -0.00940. The van der Waals surface area contributed by atoms with Crippen molar-refractivity contribution in [1.82, 2.24) is 5.32 Å². The molecule has 0 saturated carbocycles. The maximum absolute atomic E-state index is 10.5. The van der Waals surface area contributed by atoms with Crippen LogP contribution in [0.2, 0.25) is 0 Å². The summed E-state index contributed by atoms with van der Waals surface area (Å²) >= 11 is 0. The zero-order valence-corrected chi connectivity index (χ0v) is 7.47. The number of ether oxygens (including phenoxy) is 1. The Labute approximate surface area is 67.4 Å². The zero-order chi connectivity index (χ0) is 8.91. The molecule has 0 aromatic heterocycles. The Hall–Kier alpha value is -0.990. The second-order valence-electron chi connectivity index (χ2n) is 3.25. The summed E-state index contributed by atoms with van der Waals surface area (Å²) in [7, 11) is 1.35. The van der Waals surface area contributed by atoms with E-state index in [1.165, 1.54) is 13.2 Å². The van der Waals surface area contributed by atoms with Gasteiger partial charge in [-0.1, -0.05) is 0 Å². The van der Waals surface area contributed by atoms with Gasteiger partial charge in [0.15, 0.2) is 0 Å². The first-order valence-electron chi connectivity index (χ1n) is 3.48. The van der Waals surface area contributed by atoms with Gasteiger partial charge in [0.05, 0.1) is 7.11 Å². The van der Waals surface area contributed by atoms with Crippen LogP contribution in [0.1, 0.15) is 20.8 Å². The number of rotatable bonds is 2. The fourth-order valence-electron chi connectivity index (χ4n) is 0.428. The molecule has 0 amide bonds. The van der Waals surface area contributed by atoms with E-state index in [1.54, 1.807) is 6.20 Å². The highest BCUT2D eigenvalue weighted by Gasteiger charge is 2.04. The Bertz CT molecular complexity index is 156. The third-order valence-corrected chi connectivity index (χ3v) is 0.937. The van der Waals surface area contributed by atoms with E-state index >= 15 is 0 Å². The quantitative estimate of drug-likeness (QED) is 0.481. The molecule has 0 rings (SSSR count). The fourth-order valence-corrected chi connectivity index (χ4v) is 0.428. The third-order valence-electron chi connectivity index (χ3n) is 0.937. The minimum atomic E-state index is -0.346. The average Bonchev–Trinajstić information content (AvgIpc) is 1.85. The number of carbonyl (C=O) groups excluding carboxylic acids is 1. The lowest BCUT2D eigenvalue weighted by atomic mass is 10.1. The molecule has 0 unspecified atom stereocenters. The minimum absolute atomic E-state index is 0.00940. The summed E-state index contributed by atoms with van der Waals surface area (Å²) in [5.74, 6) is -0.346. The molecule has 3 heteroatoms. The standard InChI is InChI=1S/C8H15NO2/c1-8(2,3)9-6-5-7(10)11-4/h5-6,9H,1-4H3. The fraction of sp³-hybridized carbons (Fsp3) is 0.625. The molecule has 0 spiro atoms. The molecule has 1 N–H and O–H groups in total. The number of carbonyl (C=O) groups is 1. The van der Waals surface area contributed by atoms with Crippen molar-refractivity contribution >= 4 is 5.97 Å². The zero-order valence-electron chi connectivity index (χ0n) is 7.47. The maximum Gasteiger partial charge on any atom is 0.331 e. The molecule has 0 radical (unpaired) electrons. The summed E-state index contributed by atoms with van der Waals surface area (Å²) in [6, 6.07) is 0. The number of hydrogen-bond donors (Lipinski definition) is 1. The Morgan fingerprint density at radius 3 is 2.36 bits per heavy atom. The van der Waals surface area contributed by atoms with Gasteiger partial charge in [-0.05, 0) is 20.8 Å². The molecule has 0 saturated heterocycles. The normalized spacial score (nSPS) is 11.6. The summed E-state index contributed by atoms with van der Waals surface area (Å²) in [6.45, 7) is 6.03. The largest absolute Gasteiger partial charge is 0.466 e. The molecular weight excluding hydrogens is 142 g/mol. The lowest BCUT2D eigenvalue weighted by molar-refractivity contribution is -0.134. The van der Waals surface area contributed by atoms with E-state index in [0.29, 0.717) is 0 Å². The molecule has 0 aliphatic rings. The summed E-state index contributed by atoms with van der Waals surface area (Å²) < 4.78 is 4.40. The van der Waals surface area contributed by atoms with E-state index in [1.807, 2.05) is 20.8 Å². The summed E-state index contributed by atoms with van der Waals surface area (Å²) in [6.07, 6.45) is 2.94. The Morgan fingerprint density at radius 2 is 2.00 bits per heavy atom. The highest BCUT2D eigenvalue weighted by molar-refractivity contribution is 5.81. The lowest BCUT2D eigenvalue weighted by Crippen LogP contribution is -2.31. The SMILES string of the molecule is COC(=O)C=CNC(C)(C)C. The topological polar surface area (TPSA) is 38.3 Å². The van der Waals surface area contributed by atoms with E-state index in [2.05, 4.69) is 10.1 Å². The van der Waals surface area contributed by atoms with Crippen LogP contribution in [0.3, 0.4) is 0 Å². The summed E-state index contributed by atoms with van der Waals surface area (Å²) in [4.78, 5) is 10.5. The lowest BCUT2D eigenvalue weighted by Gasteiger charge is -2.18. The number of esters is 1. The predicted molar refractivity (Wildman–Crippen MR) is 44.0 cm³/mol. The monoisotopic (exact) mass is 157 g/mol. The Morgan fingerprint density at radius 1 is 1.45 bits per heavy atom. The third kappa shape index (κ3) is 6.90. The van der Waals surface area contributed by atoms with Crippen molar-refractivity contribution in [2.24, 2.45) is 0 Å². The molecular formula is C8H15NO2. The molecule has 0 fully saturated rings. The molecule has 0 aliphatic carbocycles. The van der Waals surface area contributed by atoms with Gasteiger partial charge in [-0.15, -0.1) is 0 Å². The van der Waals surface area contributed by atoms with Gasteiger partial charge in [-0.2, -0.15) is 0 Å². The predicted octanol–water partition coefficient (Wildman–Crippen LogP) is 1.06. The van der Waals surface area contributed by atoms with Gasteiger partial charge in [0, 0.05) is 17.8 Å². The molecule has 3 nitrogen and oxygen atoms in total. The van der Waals surface area contributed by atoms with Crippen molar-refractivity contribution in [2.45, 2.75) is 26.3 Å². The number of nitrogens with one attached hydrogen (secondary N) is 1. The van der Waals surface area contributed by atoms with E-state index < -0.39 is 0 Å². The molecule has 0 heterocycles. The molecule has 11 heavy (non-hydrogen) atoms. The highest BCUT2D eigenvalue weighted by atomic mass is 16.5. The van der Waals surface area contributed by atoms with Gasteiger partial charge in [-0.3, -0.25) is 0 Å². The van der Waals surface area contributed by atoms with Crippen LogP contribution in [-0.2, 0) is 9.53 Å². The van der Waals surface area contributed by atoms with Gasteiger partial charge >= 0.3 is 5.97 Å². The number of hydrogen-bond acceptors (Lipinski definition) is 3. The van der Waals surface area contributed by atoms with Crippen LogP contribution < -0.4 is 5.32 Å². The van der Waals surface area contributed by atoms with Crippen LogP contribution in [0.25, 0.3) is 0 Å². The van der Waals surface area contributed by atoms with Crippen molar-refractivity contribution < 1.29 is 9.53 Å². The maximum atomic E-state index is 10.5. The van der Waals surface area contributed by atoms with Crippen LogP contribution in [-0.4, -0.2) is 18.6 Å². The first-order chi connectivity index (χ1) is 4.95. The van der Waals surface area contributed by atoms with Crippen molar-refractivity contribution in [2.75, 3.05) is 7.11 Å². The number of methoxy groups -OCH3 is 1. The van der Waals surface area contributed by atoms with Crippen LogP contribution in [0.5, 0.6) is 0 Å². The molecule has 0 atom stereocenters. The van der Waals surface area contributed by atoms with Gasteiger partial charge in [0.1, 0.15) is 0 Å². The molecule has 64 valence electrons.